The number of pyridine rings is 1. The first-order valence-electron chi connectivity index (χ1n) is 9.39. The van der Waals surface area contributed by atoms with E-state index in [-0.39, 0.29) is 12.5 Å². The highest BCUT2D eigenvalue weighted by molar-refractivity contribution is 6.01. The number of piperidine rings is 1. The Hall–Kier alpha value is -2.53. The largest absolute Gasteiger partial charge is 0.346 e. The van der Waals surface area contributed by atoms with E-state index in [0.29, 0.717) is 17.8 Å². The number of hydrogen-bond acceptors (Lipinski definition) is 4. The minimum Gasteiger partial charge on any atom is -0.346 e. The highest BCUT2D eigenvalue weighted by Gasteiger charge is 2.60. The van der Waals surface area contributed by atoms with Crippen molar-refractivity contribution in [3.8, 4) is 6.07 Å². The van der Waals surface area contributed by atoms with Crippen LogP contribution in [0.25, 0.3) is 22.1 Å². The summed E-state index contributed by atoms with van der Waals surface area (Å²) in [5, 5.41) is 9.71. The first-order valence-corrected chi connectivity index (χ1v) is 9.39. The van der Waals surface area contributed by atoms with E-state index in [0.717, 1.165) is 49.0 Å². The number of imidazole rings is 1. The summed E-state index contributed by atoms with van der Waals surface area (Å²) in [6.45, 7) is 2.51. The number of nitrogens with one attached hydrogen (secondary N) is 1. The van der Waals surface area contributed by atoms with Gasteiger partial charge in [-0.3, -0.25) is 0 Å². The molecule has 27 heavy (non-hydrogen) atoms. The van der Waals surface area contributed by atoms with E-state index in [2.05, 4.69) is 30.5 Å². The summed E-state index contributed by atoms with van der Waals surface area (Å²) in [5.41, 5.74) is 2.35. The Labute approximate surface area is 154 Å². The average molecular weight is 370 g/mol. The second-order valence-electron chi connectivity index (χ2n) is 7.57. The van der Waals surface area contributed by atoms with Crippen molar-refractivity contribution in [2.75, 3.05) is 19.6 Å². The minimum absolute atomic E-state index is 0.124. The first-order chi connectivity index (χ1) is 13.1. The number of hydrogen-bond donors (Lipinski definition) is 1. The monoisotopic (exact) mass is 370 g/mol. The van der Waals surface area contributed by atoms with Gasteiger partial charge in [-0.05, 0) is 18.9 Å². The predicted molar refractivity (Wildman–Crippen MR) is 96.6 cm³/mol. The van der Waals surface area contributed by atoms with Crippen LogP contribution >= 0.6 is 0 Å². The lowest BCUT2D eigenvalue weighted by molar-refractivity contribution is 0.109. The van der Waals surface area contributed by atoms with E-state index in [1.807, 2.05) is 12.3 Å². The minimum atomic E-state index is -2.66. The number of nitrogens with zero attached hydrogens (tertiary/aromatic N) is 5. The van der Waals surface area contributed by atoms with Gasteiger partial charge in [0.25, 0.3) is 5.92 Å². The van der Waals surface area contributed by atoms with E-state index in [1.54, 1.807) is 6.20 Å². The average Bonchev–Trinajstić information content (AvgIpc) is 3.04. The third-order valence-electron chi connectivity index (χ3n) is 5.86. The van der Waals surface area contributed by atoms with E-state index >= 15 is 0 Å². The molecule has 1 saturated carbocycles. The lowest BCUT2D eigenvalue weighted by atomic mass is 10.0. The second-order valence-corrected chi connectivity index (χ2v) is 7.57. The van der Waals surface area contributed by atoms with Gasteiger partial charge in [-0.1, -0.05) is 0 Å². The molecule has 1 aliphatic heterocycles. The lowest BCUT2D eigenvalue weighted by Gasteiger charge is -2.33. The van der Waals surface area contributed by atoms with Gasteiger partial charge < -0.3 is 14.5 Å². The molecule has 1 unspecified atom stereocenters. The van der Waals surface area contributed by atoms with E-state index in [1.165, 1.54) is 0 Å². The van der Waals surface area contributed by atoms with Gasteiger partial charge in [-0.2, -0.15) is 5.26 Å². The number of aromatic amines is 1. The van der Waals surface area contributed by atoms with Crippen LogP contribution in [0.3, 0.4) is 0 Å². The van der Waals surface area contributed by atoms with Gasteiger partial charge in [0.1, 0.15) is 17.0 Å². The summed E-state index contributed by atoms with van der Waals surface area (Å²) in [6.07, 6.45) is 5.64. The molecule has 1 aliphatic carbocycles. The molecule has 6 nitrogen and oxygen atoms in total. The molecule has 1 atom stereocenters. The zero-order valence-corrected chi connectivity index (χ0v) is 14.8. The van der Waals surface area contributed by atoms with Crippen molar-refractivity contribution in [3.05, 3.63) is 24.3 Å². The molecule has 3 aromatic heterocycles. The third kappa shape index (κ3) is 2.69. The molecule has 1 saturated heterocycles. The molecule has 5 rings (SSSR count). The quantitative estimate of drug-likeness (QED) is 0.762. The topological polar surface area (TPSA) is 73.5 Å². The smallest absolute Gasteiger partial charge is 0.259 e. The normalized spacial score (nSPS) is 23.1. The van der Waals surface area contributed by atoms with E-state index < -0.39 is 11.8 Å². The number of H-pyrrole nitrogens is 1. The van der Waals surface area contributed by atoms with Crippen LogP contribution in [0.4, 0.5) is 8.78 Å². The SMILES string of the molecule is N#CCCN1CCC(n2c(C3CC3(F)F)nc3cnc4[nH]ccc4c32)CC1. The maximum absolute atomic E-state index is 13.9. The predicted octanol–water partition coefficient (Wildman–Crippen LogP) is 3.59. The maximum atomic E-state index is 13.9. The van der Waals surface area contributed by atoms with Crippen LogP contribution < -0.4 is 0 Å². The molecule has 0 aromatic carbocycles. The summed E-state index contributed by atoms with van der Waals surface area (Å²) in [6, 6.07) is 4.27. The number of rotatable bonds is 4. The van der Waals surface area contributed by atoms with Gasteiger partial charge in [0.05, 0.1) is 23.7 Å². The number of fused-ring (bicyclic) bond motifs is 3. The molecule has 2 fully saturated rings. The van der Waals surface area contributed by atoms with Crippen molar-refractivity contribution in [2.24, 2.45) is 0 Å². The standard InChI is InChI=1S/C19H20F2N6/c20-19(21)10-14(19)18-25-15-11-24-17-13(2-6-23-17)16(15)27(18)12-3-8-26(9-4-12)7-1-5-22/h2,6,11-12,14H,1,3-4,7-10H2,(H,23,24). The number of likely N-dealkylation sites (tertiary alicyclic amines) is 1. The Morgan fingerprint density at radius 1 is 1.33 bits per heavy atom. The first kappa shape index (κ1) is 16.6. The molecule has 0 spiro atoms. The fraction of sp³-hybridized carbons (Fsp3) is 0.526. The van der Waals surface area contributed by atoms with Gasteiger partial charge in [0.2, 0.25) is 0 Å². The van der Waals surface area contributed by atoms with Crippen LogP contribution in [0, 0.1) is 11.3 Å². The van der Waals surface area contributed by atoms with Crippen LogP contribution in [0.15, 0.2) is 18.5 Å². The van der Waals surface area contributed by atoms with Gasteiger partial charge in [-0.25, -0.2) is 18.7 Å². The molecule has 8 heteroatoms. The van der Waals surface area contributed by atoms with Crippen LogP contribution in [0.5, 0.6) is 0 Å². The number of alkyl halides is 2. The van der Waals surface area contributed by atoms with Crippen LogP contribution in [0.1, 0.15) is 43.5 Å². The van der Waals surface area contributed by atoms with Crippen molar-refractivity contribution < 1.29 is 8.78 Å². The van der Waals surface area contributed by atoms with E-state index in [4.69, 9.17) is 5.26 Å². The third-order valence-corrected chi connectivity index (χ3v) is 5.86. The molecule has 140 valence electrons. The van der Waals surface area contributed by atoms with Gasteiger partial charge >= 0.3 is 0 Å². The Morgan fingerprint density at radius 3 is 2.81 bits per heavy atom. The Kier molecular flexibility index (Phi) is 3.69. The molecule has 0 bridgehead atoms. The Bertz CT molecular complexity index is 1040. The Balaban J connectivity index is 1.57. The summed E-state index contributed by atoms with van der Waals surface area (Å²) >= 11 is 0. The van der Waals surface area contributed by atoms with Gasteiger partial charge in [-0.15, -0.1) is 0 Å². The zero-order valence-electron chi connectivity index (χ0n) is 14.8. The maximum Gasteiger partial charge on any atom is 0.259 e. The highest BCUT2D eigenvalue weighted by atomic mass is 19.3. The lowest BCUT2D eigenvalue weighted by Crippen LogP contribution is -2.35. The van der Waals surface area contributed by atoms with Crippen molar-refractivity contribution in [1.29, 1.82) is 5.26 Å². The summed E-state index contributed by atoms with van der Waals surface area (Å²) in [5.74, 6) is -2.95. The molecular formula is C19H20F2N6. The summed E-state index contributed by atoms with van der Waals surface area (Å²) in [4.78, 5) is 14.3. The van der Waals surface area contributed by atoms with Crippen LogP contribution in [0.2, 0.25) is 0 Å². The van der Waals surface area contributed by atoms with Gasteiger partial charge in [0.15, 0.2) is 0 Å². The highest BCUT2D eigenvalue weighted by Crippen LogP contribution is 2.56. The van der Waals surface area contributed by atoms with Gasteiger partial charge in [0, 0.05) is 50.1 Å². The number of aromatic nitrogens is 4. The second kappa shape index (κ2) is 5.99. The van der Waals surface area contributed by atoms with Crippen LogP contribution in [-0.4, -0.2) is 50.0 Å². The van der Waals surface area contributed by atoms with Crippen molar-refractivity contribution in [3.63, 3.8) is 0 Å². The fourth-order valence-corrected chi connectivity index (χ4v) is 4.33. The molecule has 1 N–H and O–H groups in total. The molecule has 0 radical (unpaired) electrons. The fourth-order valence-electron chi connectivity index (χ4n) is 4.33. The zero-order chi connectivity index (χ0) is 18.6. The van der Waals surface area contributed by atoms with E-state index in [9.17, 15) is 8.78 Å². The summed E-state index contributed by atoms with van der Waals surface area (Å²) < 4.78 is 29.9. The molecular weight excluding hydrogens is 350 g/mol. The van der Waals surface area contributed by atoms with Crippen LogP contribution in [-0.2, 0) is 0 Å². The molecule has 2 aliphatic rings. The summed E-state index contributed by atoms with van der Waals surface area (Å²) in [7, 11) is 0. The van der Waals surface area contributed by atoms with Crippen molar-refractivity contribution in [2.45, 2.75) is 43.6 Å². The number of halogens is 2. The van der Waals surface area contributed by atoms with Crippen molar-refractivity contribution in [1.82, 2.24) is 24.4 Å². The number of nitriles is 1. The van der Waals surface area contributed by atoms with Crippen molar-refractivity contribution >= 4 is 22.1 Å². The molecule has 4 heterocycles. The molecule has 3 aromatic rings. The Morgan fingerprint density at radius 2 is 2.11 bits per heavy atom. The molecule has 0 amide bonds.